The van der Waals surface area contributed by atoms with Gasteiger partial charge in [-0.25, -0.2) is 9.37 Å². The quantitative estimate of drug-likeness (QED) is 0.805. The summed E-state index contributed by atoms with van der Waals surface area (Å²) in [5.74, 6) is -0.241. The summed E-state index contributed by atoms with van der Waals surface area (Å²) in [4.78, 5) is 21.2. The Hall–Kier alpha value is -2.53. The molecule has 3 aromatic rings. The van der Waals surface area contributed by atoms with Gasteiger partial charge in [-0.15, -0.1) is 0 Å². The van der Waals surface area contributed by atoms with Crippen LogP contribution >= 0.6 is 0 Å². The van der Waals surface area contributed by atoms with E-state index < -0.39 is 0 Å². The minimum absolute atomic E-state index is 0.209. The third-order valence-corrected chi connectivity index (χ3v) is 3.49. The van der Waals surface area contributed by atoms with Crippen LogP contribution in [0, 0.1) is 5.82 Å². The zero-order valence-corrected chi connectivity index (χ0v) is 12.2. The Morgan fingerprint density at radius 2 is 1.82 bits per heavy atom. The molecule has 0 unspecified atom stereocenters. The summed E-state index contributed by atoms with van der Waals surface area (Å²) in [5.41, 5.74) is 2.28. The molecule has 1 N–H and O–H groups in total. The van der Waals surface area contributed by atoms with E-state index >= 15 is 0 Å². The number of hydrogen-bond donors (Lipinski definition) is 1. The molecule has 3 rings (SSSR count). The lowest BCUT2D eigenvalue weighted by molar-refractivity contribution is 0.308. The number of H-pyrrole nitrogens is 1. The second-order valence-electron chi connectivity index (χ2n) is 5.29. The standard InChI is InChI=1S/C17H16FN3O/c1-21(10-12-6-2-3-7-13(12)18)11-16-17(22)20-15-9-5-4-8-14(15)19-16/h2-9H,10-11H2,1H3,(H,20,22). The van der Waals surface area contributed by atoms with Crippen LogP contribution in [0.3, 0.4) is 0 Å². The molecular weight excluding hydrogens is 281 g/mol. The molecule has 0 fully saturated rings. The van der Waals surface area contributed by atoms with Crippen molar-refractivity contribution in [2.45, 2.75) is 13.1 Å². The third-order valence-electron chi connectivity index (χ3n) is 3.49. The third kappa shape index (κ3) is 3.04. The molecule has 0 saturated carbocycles. The number of hydrogen-bond acceptors (Lipinski definition) is 3. The molecule has 0 aliphatic heterocycles. The lowest BCUT2D eigenvalue weighted by Gasteiger charge is -2.16. The highest BCUT2D eigenvalue weighted by atomic mass is 19.1. The van der Waals surface area contributed by atoms with Gasteiger partial charge in [0, 0.05) is 18.7 Å². The van der Waals surface area contributed by atoms with Crippen LogP contribution in [0.2, 0.25) is 0 Å². The van der Waals surface area contributed by atoms with Crippen LogP contribution < -0.4 is 5.56 Å². The molecule has 1 heterocycles. The van der Waals surface area contributed by atoms with Gasteiger partial charge < -0.3 is 4.98 Å². The second kappa shape index (κ2) is 6.07. The Kier molecular flexibility index (Phi) is 3.98. The van der Waals surface area contributed by atoms with Gasteiger partial charge in [-0.1, -0.05) is 30.3 Å². The summed E-state index contributed by atoms with van der Waals surface area (Å²) >= 11 is 0. The van der Waals surface area contributed by atoms with Crippen LogP contribution in [0.25, 0.3) is 11.0 Å². The number of halogens is 1. The van der Waals surface area contributed by atoms with Crippen molar-refractivity contribution in [3.05, 3.63) is 76.0 Å². The van der Waals surface area contributed by atoms with E-state index in [4.69, 9.17) is 0 Å². The lowest BCUT2D eigenvalue weighted by atomic mass is 10.2. The maximum Gasteiger partial charge on any atom is 0.271 e. The highest BCUT2D eigenvalue weighted by molar-refractivity contribution is 5.73. The highest BCUT2D eigenvalue weighted by Gasteiger charge is 2.10. The molecule has 0 spiro atoms. The van der Waals surface area contributed by atoms with Gasteiger partial charge in [-0.3, -0.25) is 9.69 Å². The highest BCUT2D eigenvalue weighted by Crippen LogP contribution is 2.11. The minimum atomic E-state index is -0.241. The molecule has 5 heteroatoms. The van der Waals surface area contributed by atoms with E-state index in [9.17, 15) is 9.18 Å². The summed E-state index contributed by atoms with van der Waals surface area (Å²) in [6.45, 7) is 0.773. The van der Waals surface area contributed by atoms with Crippen molar-refractivity contribution in [2.75, 3.05) is 7.05 Å². The number of para-hydroxylation sites is 2. The SMILES string of the molecule is CN(Cc1ccccc1F)Cc1nc2ccccc2[nH]c1=O. The first-order valence-electron chi connectivity index (χ1n) is 7.03. The van der Waals surface area contributed by atoms with Gasteiger partial charge in [0.05, 0.1) is 11.0 Å². The Morgan fingerprint density at radius 3 is 2.64 bits per heavy atom. The fourth-order valence-electron chi connectivity index (χ4n) is 2.40. The first kappa shape index (κ1) is 14.4. The molecule has 0 amide bonds. The van der Waals surface area contributed by atoms with Crippen molar-refractivity contribution < 1.29 is 4.39 Å². The summed E-state index contributed by atoms with van der Waals surface area (Å²) in [6, 6.07) is 14.0. The normalized spacial score (nSPS) is 11.2. The maximum atomic E-state index is 13.7. The molecule has 2 aromatic carbocycles. The summed E-state index contributed by atoms with van der Waals surface area (Å²) in [6.07, 6.45) is 0. The van der Waals surface area contributed by atoms with Gasteiger partial charge in [0.2, 0.25) is 0 Å². The first-order chi connectivity index (χ1) is 10.6. The van der Waals surface area contributed by atoms with Crippen LogP contribution in [0.1, 0.15) is 11.3 Å². The molecule has 0 radical (unpaired) electrons. The molecule has 0 aliphatic rings. The summed E-state index contributed by atoms with van der Waals surface area (Å²) in [5, 5.41) is 0. The van der Waals surface area contributed by atoms with Crippen LogP contribution in [0.4, 0.5) is 4.39 Å². The molecule has 112 valence electrons. The minimum Gasteiger partial charge on any atom is -0.319 e. The van der Waals surface area contributed by atoms with Crippen molar-refractivity contribution in [2.24, 2.45) is 0 Å². The number of benzene rings is 2. The predicted octanol–water partition coefficient (Wildman–Crippen LogP) is 2.69. The molecule has 4 nitrogen and oxygen atoms in total. The average Bonchev–Trinajstić information content (AvgIpc) is 2.50. The number of aromatic amines is 1. The monoisotopic (exact) mass is 297 g/mol. The fraction of sp³-hybridized carbons (Fsp3) is 0.176. The summed E-state index contributed by atoms with van der Waals surface area (Å²) in [7, 11) is 1.84. The van der Waals surface area contributed by atoms with E-state index in [0.29, 0.717) is 29.9 Å². The van der Waals surface area contributed by atoms with Crippen LogP contribution in [-0.2, 0) is 13.1 Å². The number of nitrogens with zero attached hydrogens (tertiary/aromatic N) is 2. The molecule has 0 saturated heterocycles. The van der Waals surface area contributed by atoms with Gasteiger partial charge in [0.1, 0.15) is 11.5 Å². The van der Waals surface area contributed by atoms with E-state index in [1.165, 1.54) is 6.07 Å². The number of nitrogens with one attached hydrogen (secondary N) is 1. The molecule has 22 heavy (non-hydrogen) atoms. The smallest absolute Gasteiger partial charge is 0.271 e. The van der Waals surface area contributed by atoms with Crippen molar-refractivity contribution >= 4 is 11.0 Å². The number of aromatic nitrogens is 2. The van der Waals surface area contributed by atoms with Crippen molar-refractivity contribution in [3.8, 4) is 0 Å². The largest absolute Gasteiger partial charge is 0.319 e. The van der Waals surface area contributed by atoms with Crippen molar-refractivity contribution in [1.82, 2.24) is 14.9 Å². The van der Waals surface area contributed by atoms with Gasteiger partial charge >= 0.3 is 0 Å². The van der Waals surface area contributed by atoms with Crippen molar-refractivity contribution in [3.63, 3.8) is 0 Å². The molecular formula is C17H16FN3O. The van der Waals surface area contributed by atoms with Gasteiger partial charge in [0.25, 0.3) is 5.56 Å². The Balaban J connectivity index is 1.82. The van der Waals surface area contributed by atoms with E-state index in [1.54, 1.807) is 18.2 Å². The fourth-order valence-corrected chi connectivity index (χ4v) is 2.40. The Bertz CT molecular complexity index is 860. The van der Waals surface area contributed by atoms with Crippen molar-refractivity contribution in [1.29, 1.82) is 0 Å². The maximum absolute atomic E-state index is 13.7. The topological polar surface area (TPSA) is 49.0 Å². The Labute approximate surface area is 127 Å². The number of rotatable bonds is 4. The van der Waals surface area contributed by atoms with E-state index in [2.05, 4.69) is 9.97 Å². The molecule has 0 atom stereocenters. The zero-order valence-electron chi connectivity index (χ0n) is 12.2. The van der Waals surface area contributed by atoms with Crippen LogP contribution in [0.5, 0.6) is 0 Å². The average molecular weight is 297 g/mol. The van der Waals surface area contributed by atoms with E-state index in [-0.39, 0.29) is 11.4 Å². The van der Waals surface area contributed by atoms with Crippen LogP contribution in [-0.4, -0.2) is 21.9 Å². The second-order valence-corrected chi connectivity index (χ2v) is 5.29. The van der Waals surface area contributed by atoms with E-state index in [1.807, 2.05) is 36.2 Å². The molecule has 0 aliphatic carbocycles. The zero-order chi connectivity index (χ0) is 15.5. The van der Waals surface area contributed by atoms with Gasteiger partial charge in [-0.2, -0.15) is 0 Å². The van der Waals surface area contributed by atoms with Gasteiger partial charge in [-0.05, 0) is 25.2 Å². The Morgan fingerprint density at radius 1 is 1.09 bits per heavy atom. The molecule has 0 bridgehead atoms. The van der Waals surface area contributed by atoms with Crippen LogP contribution in [0.15, 0.2) is 53.3 Å². The van der Waals surface area contributed by atoms with E-state index in [0.717, 1.165) is 5.52 Å². The summed E-state index contributed by atoms with van der Waals surface area (Å²) < 4.78 is 13.7. The lowest BCUT2D eigenvalue weighted by Crippen LogP contribution is -2.25. The van der Waals surface area contributed by atoms with Gasteiger partial charge in [0.15, 0.2) is 0 Å². The number of fused-ring (bicyclic) bond motifs is 1. The molecule has 1 aromatic heterocycles. The first-order valence-corrected chi connectivity index (χ1v) is 7.03. The predicted molar refractivity (Wildman–Crippen MR) is 83.9 cm³/mol.